The molecule has 0 spiro atoms. The third-order valence-corrected chi connectivity index (χ3v) is 4.69. The zero-order valence-corrected chi connectivity index (χ0v) is 13.7. The van der Waals surface area contributed by atoms with Crippen LogP contribution in [0.25, 0.3) is 0 Å². The monoisotopic (exact) mass is 308 g/mol. The molecule has 0 aliphatic heterocycles. The van der Waals surface area contributed by atoms with Crippen molar-refractivity contribution in [3.63, 3.8) is 0 Å². The van der Waals surface area contributed by atoms with Crippen LogP contribution in [0.2, 0.25) is 0 Å². The Morgan fingerprint density at radius 2 is 1.67 bits per heavy atom. The third kappa shape index (κ3) is 2.84. The van der Waals surface area contributed by atoms with Crippen molar-refractivity contribution in [2.24, 2.45) is 0 Å². The highest BCUT2D eigenvalue weighted by molar-refractivity contribution is 7.12. The second-order valence-corrected chi connectivity index (χ2v) is 6.00. The highest BCUT2D eigenvalue weighted by atomic mass is 32.1. The molecular weight excluding hydrogens is 288 g/mol. The molecule has 1 unspecified atom stereocenters. The summed E-state index contributed by atoms with van der Waals surface area (Å²) < 4.78 is 16.0. The van der Waals surface area contributed by atoms with E-state index in [0.29, 0.717) is 22.8 Å². The van der Waals surface area contributed by atoms with Crippen LogP contribution in [0.3, 0.4) is 0 Å². The fourth-order valence-corrected chi connectivity index (χ4v) is 3.28. The maximum absolute atomic E-state index is 10.7. The van der Waals surface area contributed by atoms with Crippen LogP contribution < -0.4 is 14.2 Å². The van der Waals surface area contributed by atoms with Gasteiger partial charge in [0.1, 0.15) is 6.10 Å². The van der Waals surface area contributed by atoms with E-state index in [-0.39, 0.29) is 0 Å². The summed E-state index contributed by atoms with van der Waals surface area (Å²) >= 11 is 1.58. The molecule has 5 heteroatoms. The average molecular weight is 308 g/mol. The molecule has 21 heavy (non-hydrogen) atoms. The first-order chi connectivity index (χ1) is 10.0. The Hall–Kier alpha value is -1.72. The molecule has 1 atom stereocenters. The average Bonchev–Trinajstić information content (AvgIpc) is 2.84. The topological polar surface area (TPSA) is 47.9 Å². The standard InChI is InChI=1S/C16H20O4S/c1-9-8-13(21-10(9)2)14(17)11-6-7-12(18-3)16(20-5)15(11)19-4/h6-8,14,17H,1-5H3. The smallest absolute Gasteiger partial charge is 0.203 e. The molecule has 4 nitrogen and oxygen atoms in total. The van der Waals surface area contributed by atoms with E-state index >= 15 is 0 Å². The van der Waals surface area contributed by atoms with E-state index in [9.17, 15) is 5.11 Å². The number of aryl methyl sites for hydroxylation is 2. The van der Waals surface area contributed by atoms with Crippen molar-refractivity contribution in [1.29, 1.82) is 0 Å². The van der Waals surface area contributed by atoms with Gasteiger partial charge in [0.05, 0.1) is 21.3 Å². The Morgan fingerprint density at radius 3 is 2.14 bits per heavy atom. The Morgan fingerprint density at radius 1 is 1.00 bits per heavy atom. The van der Waals surface area contributed by atoms with Gasteiger partial charge in [0.25, 0.3) is 0 Å². The zero-order chi connectivity index (χ0) is 15.6. The van der Waals surface area contributed by atoms with Crippen molar-refractivity contribution in [2.45, 2.75) is 20.0 Å². The summed E-state index contributed by atoms with van der Waals surface area (Å²) in [6.45, 7) is 4.08. The van der Waals surface area contributed by atoms with Gasteiger partial charge in [0.15, 0.2) is 11.5 Å². The number of hydrogen-bond donors (Lipinski definition) is 1. The van der Waals surface area contributed by atoms with Crippen molar-refractivity contribution < 1.29 is 19.3 Å². The van der Waals surface area contributed by atoms with Gasteiger partial charge in [-0.25, -0.2) is 0 Å². The first-order valence-corrected chi connectivity index (χ1v) is 7.39. The van der Waals surface area contributed by atoms with Crippen LogP contribution in [0.4, 0.5) is 0 Å². The molecule has 0 fully saturated rings. The lowest BCUT2D eigenvalue weighted by atomic mass is 10.0. The number of aliphatic hydroxyl groups excluding tert-OH is 1. The lowest BCUT2D eigenvalue weighted by molar-refractivity contribution is 0.216. The summed E-state index contributed by atoms with van der Waals surface area (Å²) in [6.07, 6.45) is -0.753. The van der Waals surface area contributed by atoms with E-state index in [1.165, 1.54) is 10.4 Å². The molecule has 0 saturated heterocycles. The summed E-state index contributed by atoms with van der Waals surface area (Å²) in [7, 11) is 4.67. The molecule has 0 saturated carbocycles. The largest absolute Gasteiger partial charge is 0.493 e. The highest BCUT2D eigenvalue weighted by Crippen LogP contribution is 2.44. The summed E-state index contributed by atoms with van der Waals surface area (Å²) in [4.78, 5) is 2.08. The number of rotatable bonds is 5. The van der Waals surface area contributed by atoms with E-state index < -0.39 is 6.10 Å². The van der Waals surface area contributed by atoms with Crippen molar-refractivity contribution in [3.8, 4) is 17.2 Å². The molecule has 1 N–H and O–H groups in total. The first kappa shape index (κ1) is 15.7. The van der Waals surface area contributed by atoms with Crippen LogP contribution in [-0.4, -0.2) is 26.4 Å². The number of ether oxygens (including phenoxy) is 3. The van der Waals surface area contributed by atoms with Gasteiger partial charge in [0.2, 0.25) is 5.75 Å². The van der Waals surface area contributed by atoms with Crippen LogP contribution in [0.1, 0.15) is 27.0 Å². The van der Waals surface area contributed by atoms with Crippen molar-refractivity contribution >= 4 is 11.3 Å². The summed E-state index contributed by atoms with van der Waals surface area (Å²) in [5, 5.41) is 10.7. The van der Waals surface area contributed by atoms with Gasteiger partial charge in [-0.2, -0.15) is 0 Å². The Bertz CT molecular complexity index is 614. The van der Waals surface area contributed by atoms with E-state index in [0.717, 1.165) is 4.88 Å². The minimum Gasteiger partial charge on any atom is -0.493 e. The van der Waals surface area contributed by atoms with Crippen LogP contribution in [0.15, 0.2) is 18.2 Å². The van der Waals surface area contributed by atoms with Crippen LogP contribution in [0, 0.1) is 13.8 Å². The van der Waals surface area contributed by atoms with Crippen molar-refractivity contribution in [1.82, 2.24) is 0 Å². The molecular formula is C16H20O4S. The molecule has 0 bridgehead atoms. The van der Waals surface area contributed by atoms with Crippen molar-refractivity contribution in [3.05, 3.63) is 39.1 Å². The molecule has 1 aromatic carbocycles. The first-order valence-electron chi connectivity index (χ1n) is 6.57. The second-order valence-electron chi connectivity index (χ2n) is 4.71. The lowest BCUT2D eigenvalue weighted by Gasteiger charge is -2.18. The van der Waals surface area contributed by atoms with E-state index in [1.807, 2.05) is 19.9 Å². The predicted molar refractivity (Wildman–Crippen MR) is 84.0 cm³/mol. The fourth-order valence-electron chi connectivity index (χ4n) is 2.23. The normalized spacial score (nSPS) is 12.1. The van der Waals surface area contributed by atoms with Crippen LogP contribution in [-0.2, 0) is 0 Å². The van der Waals surface area contributed by atoms with E-state index in [1.54, 1.807) is 44.8 Å². The Labute approximate surface area is 128 Å². The van der Waals surface area contributed by atoms with Crippen LogP contribution in [0.5, 0.6) is 17.2 Å². The quantitative estimate of drug-likeness (QED) is 0.919. The number of thiophene rings is 1. The molecule has 0 amide bonds. The van der Waals surface area contributed by atoms with Gasteiger partial charge in [0, 0.05) is 15.3 Å². The molecule has 114 valence electrons. The molecule has 2 rings (SSSR count). The summed E-state index contributed by atoms with van der Waals surface area (Å²) in [6, 6.07) is 5.57. The molecule has 1 aromatic heterocycles. The van der Waals surface area contributed by atoms with Gasteiger partial charge < -0.3 is 19.3 Å². The number of hydrogen-bond acceptors (Lipinski definition) is 5. The maximum Gasteiger partial charge on any atom is 0.203 e. The highest BCUT2D eigenvalue weighted by Gasteiger charge is 2.23. The van der Waals surface area contributed by atoms with Gasteiger partial charge in [-0.1, -0.05) is 0 Å². The minimum atomic E-state index is -0.753. The molecule has 0 aliphatic carbocycles. The fraction of sp³-hybridized carbons (Fsp3) is 0.375. The molecule has 2 aromatic rings. The van der Waals surface area contributed by atoms with Crippen molar-refractivity contribution in [2.75, 3.05) is 21.3 Å². The van der Waals surface area contributed by atoms with Gasteiger partial charge in [-0.3, -0.25) is 0 Å². The van der Waals surface area contributed by atoms with Crippen LogP contribution >= 0.6 is 11.3 Å². The van der Waals surface area contributed by atoms with E-state index in [4.69, 9.17) is 14.2 Å². The predicted octanol–water partition coefficient (Wildman–Crippen LogP) is 3.47. The van der Waals surface area contributed by atoms with E-state index in [2.05, 4.69) is 0 Å². The third-order valence-electron chi connectivity index (χ3n) is 3.48. The van der Waals surface area contributed by atoms with Gasteiger partial charge in [-0.15, -0.1) is 11.3 Å². The summed E-state index contributed by atoms with van der Waals surface area (Å²) in [5.74, 6) is 1.55. The Balaban J connectivity index is 2.52. The number of aliphatic hydroxyl groups is 1. The Kier molecular flexibility index (Phi) is 4.75. The molecule has 0 radical (unpaired) electrons. The van der Waals surface area contributed by atoms with Gasteiger partial charge in [-0.05, 0) is 37.6 Å². The minimum absolute atomic E-state index is 0.488. The zero-order valence-electron chi connectivity index (χ0n) is 12.9. The maximum atomic E-state index is 10.7. The van der Waals surface area contributed by atoms with Gasteiger partial charge >= 0.3 is 0 Å². The number of methoxy groups -OCH3 is 3. The second kappa shape index (κ2) is 6.37. The SMILES string of the molecule is COc1ccc(C(O)c2cc(C)c(C)s2)c(OC)c1OC. The number of benzene rings is 1. The lowest BCUT2D eigenvalue weighted by Crippen LogP contribution is -2.03. The molecule has 0 aliphatic rings. The summed E-state index contributed by atoms with van der Waals surface area (Å²) in [5.41, 5.74) is 1.84. The molecule has 1 heterocycles.